The minimum atomic E-state index is 0.356. The minimum absolute atomic E-state index is 0.356. The Bertz CT molecular complexity index is 99.1. The molecule has 0 unspecified atom stereocenters. The molecule has 0 bridgehead atoms. The minimum Gasteiger partial charge on any atom is -0.386 e. The summed E-state index contributed by atoms with van der Waals surface area (Å²) in [5.74, 6) is 0.356. The van der Waals surface area contributed by atoms with Crippen LogP contribution in [0.2, 0.25) is 0 Å². The van der Waals surface area contributed by atoms with Gasteiger partial charge in [-0.1, -0.05) is 19.1 Å². The molecule has 0 saturated carbocycles. The van der Waals surface area contributed by atoms with Crippen molar-refractivity contribution >= 4 is 0 Å². The summed E-state index contributed by atoms with van der Waals surface area (Å²) in [6, 6.07) is 0. The monoisotopic (exact) mass is 112 g/mol. The quantitative estimate of drug-likeness (QED) is 0.517. The van der Waals surface area contributed by atoms with Crippen LogP contribution in [-0.2, 0) is 0 Å². The molecular weight excluding hydrogens is 100 g/mol. The summed E-state index contributed by atoms with van der Waals surface area (Å²) in [6.07, 6.45) is 6.52. The van der Waals surface area contributed by atoms with Gasteiger partial charge in [0.1, 0.15) is 0 Å². The first-order chi connectivity index (χ1) is 3.77. The van der Waals surface area contributed by atoms with Gasteiger partial charge in [0, 0.05) is 0 Å². The Morgan fingerprint density at radius 2 is 2.12 bits per heavy atom. The van der Waals surface area contributed by atoms with Crippen LogP contribution in [-0.4, -0.2) is 0 Å². The predicted octanol–water partition coefficient (Wildman–Crippen LogP) is 0.711. The van der Waals surface area contributed by atoms with Crippen LogP contribution in [0.3, 0.4) is 0 Å². The first-order valence-corrected chi connectivity index (χ1v) is 2.65. The van der Waals surface area contributed by atoms with E-state index in [0.717, 1.165) is 6.42 Å². The summed E-state index contributed by atoms with van der Waals surface area (Å²) in [4.78, 5) is 0. The molecule has 0 fully saturated rings. The fourth-order valence-electron chi connectivity index (χ4n) is 0.315. The van der Waals surface area contributed by atoms with E-state index in [1.165, 1.54) is 0 Å². The lowest BCUT2D eigenvalue weighted by Gasteiger charge is -1.82. The van der Waals surface area contributed by atoms with E-state index in [2.05, 4.69) is 6.92 Å². The normalized spacial score (nSPS) is 9.62. The van der Waals surface area contributed by atoms with Gasteiger partial charge in [-0.3, -0.25) is 0 Å². The highest BCUT2D eigenvalue weighted by Crippen LogP contribution is 1.80. The molecule has 0 spiro atoms. The van der Waals surface area contributed by atoms with Crippen molar-refractivity contribution in [3.05, 3.63) is 24.0 Å². The Kier molecular flexibility index (Phi) is 3.76. The fourth-order valence-corrected chi connectivity index (χ4v) is 0.315. The van der Waals surface area contributed by atoms with Gasteiger partial charge in [-0.2, -0.15) is 0 Å². The Labute approximate surface area is 49.9 Å². The van der Waals surface area contributed by atoms with E-state index in [0.29, 0.717) is 5.82 Å². The molecule has 0 aromatic rings. The van der Waals surface area contributed by atoms with Crippen LogP contribution in [0.1, 0.15) is 13.3 Å². The van der Waals surface area contributed by atoms with Crippen molar-refractivity contribution in [3.8, 4) is 0 Å². The van der Waals surface area contributed by atoms with Gasteiger partial charge in [0.2, 0.25) is 0 Å². The molecule has 0 rings (SSSR count). The molecule has 8 heavy (non-hydrogen) atoms. The summed E-state index contributed by atoms with van der Waals surface area (Å²) in [5, 5.41) is 0. The molecule has 0 heterocycles. The average Bonchev–Trinajstić information content (AvgIpc) is 1.66. The number of nitrogens with two attached hydrogens (primary N) is 2. The third kappa shape index (κ3) is 5.08. The molecule has 0 saturated heterocycles. The first-order valence-electron chi connectivity index (χ1n) is 2.65. The van der Waals surface area contributed by atoms with Gasteiger partial charge in [-0.05, 0) is 12.5 Å². The van der Waals surface area contributed by atoms with E-state index in [-0.39, 0.29) is 0 Å². The smallest absolute Gasteiger partial charge is 0.0933 e. The maximum Gasteiger partial charge on any atom is 0.0933 e. The zero-order valence-electron chi connectivity index (χ0n) is 5.09. The van der Waals surface area contributed by atoms with Crippen molar-refractivity contribution in [2.45, 2.75) is 13.3 Å². The van der Waals surface area contributed by atoms with Crippen molar-refractivity contribution < 1.29 is 0 Å². The molecule has 0 aliphatic heterocycles. The third-order valence-electron chi connectivity index (χ3n) is 0.660. The van der Waals surface area contributed by atoms with Crippen LogP contribution >= 0.6 is 0 Å². The molecule has 0 aliphatic carbocycles. The van der Waals surface area contributed by atoms with Crippen molar-refractivity contribution in [3.63, 3.8) is 0 Å². The summed E-state index contributed by atoms with van der Waals surface area (Å²) in [5.41, 5.74) is 10.2. The number of hydrogen-bond donors (Lipinski definition) is 2. The molecule has 46 valence electrons. The second-order valence-electron chi connectivity index (χ2n) is 1.50. The first kappa shape index (κ1) is 7.08. The standard InChI is InChI=1S/C6H12N2/c1-2-3-4-5-6(7)8/h3-5H,2,7-8H2,1H3. The van der Waals surface area contributed by atoms with E-state index in [1.807, 2.05) is 12.2 Å². The zero-order valence-corrected chi connectivity index (χ0v) is 5.09. The maximum atomic E-state index is 5.12. The second-order valence-corrected chi connectivity index (χ2v) is 1.50. The van der Waals surface area contributed by atoms with Gasteiger partial charge in [-0.15, -0.1) is 0 Å². The lowest BCUT2D eigenvalue weighted by atomic mass is 10.4. The van der Waals surface area contributed by atoms with E-state index < -0.39 is 0 Å². The molecule has 0 aliphatic rings. The van der Waals surface area contributed by atoms with Crippen LogP contribution in [0.5, 0.6) is 0 Å². The van der Waals surface area contributed by atoms with Gasteiger partial charge in [0.25, 0.3) is 0 Å². The van der Waals surface area contributed by atoms with Crippen molar-refractivity contribution in [1.82, 2.24) is 0 Å². The fraction of sp³-hybridized carbons (Fsp3) is 0.333. The maximum absolute atomic E-state index is 5.12. The molecule has 2 heteroatoms. The molecule has 0 aromatic heterocycles. The predicted molar refractivity (Wildman–Crippen MR) is 35.9 cm³/mol. The van der Waals surface area contributed by atoms with E-state index >= 15 is 0 Å². The van der Waals surface area contributed by atoms with Crippen LogP contribution in [0.15, 0.2) is 24.0 Å². The Morgan fingerprint density at radius 3 is 2.50 bits per heavy atom. The van der Waals surface area contributed by atoms with E-state index in [9.17, 15) is 0 Å². The molecule has 2 nitrogen and oxygen atoms in total. The van der Waals surface area contributed by atoms with Crippen LogP contribution < -0.4 is 11.5 Å². The van der Waals surface area contributed by atoms with E-state index in [1.54, 1.807) is 6.08 Å². The molecule has 0 aromatic carbocycles. The van der Waals surface area contributed by atoms with Gasteiger partial charge in [-0.25, -0.2) is 0 Å². The van der Waals surface area contributed by atoms with Crippen molar-refractivity contribution in [1.29, 1.82) is 0 Å². The third-order valence-corrected chi connectivity index (χ3v) is 0.660. The molecule has 0 atom stereocenters. The van der Waals surface area contributed by atoms with Crippen molar-refractivity contribution in [2.24, 2.45) is 11.5 Å². The SMILES string of the molecule is CCC=CC=C(N)N. The largest absolute Gasteiger partial charge is 0.386 e. The van der Waals surface area contributed by atoms with Gasteiger partial charge in [0.15, 0.2) is 0 Å². The second kappa shape index (κ2) is 4.24. The Morgan fingerprint density at radius 1 is 1.50 bits per heavy atom. The highest BCUT2D eigenvalue weighted by Gasteiger charge is 1.67. The van der Waals surface area contributed by atoms with Gasteiger partial charge < -0.3 is 11.5 Å². The summed E-state index contributed by atoms with van der Waals surface area (Å²) < 4.78 is 0. The topological polar surface area (TPSA) is 52.0 Å². The summed E-state index contributed by atoms with van der Waals surface area (Å²) in [7, 11) is 0. The molecular formula is C6H12N2. The molecule has 4 N–H and O–H groups in total. The number of allylic oxidation sites excluding steroid dienone is 3. The van der Waals surface area contributed by atoms with Gasteiger partial charge >= 0.3 is 0 Å². The Balaban J connectivity index is 3.42. The number of hydrogen-bond acceptors (Lipinski definition) is 2. The molecule has 0 amide bonds. The highest BCUT2D eigenvalue weighted by atomic mass is 14.8. The number of rotatable bonds is 2. The van der Waals surface area contributed by atoms with Crippen LogP contribution in [0, 0.1) is 0 Å². The van der Waals surface area contributed by atoms with Crippen LogP contribution in [0.4, 0.5) is 0 Å². The van der Waals surface area contributed by atoms with Crippen LogP contribution in [0.25, 0.3) is 0 Å². The Hall–Kier alpha value is -0.920. The summed E-state index contributed by atoms with van der Waals surface area (Å²) in [6.45, 7) is 2.05. The lowest BCUT2D eigenvalue weighted by molar-refractivity contribution is 1.21. The van der Waals surface area contributed by atoms with Gasteiger partial charge in [0.05, 0.1) is 5.82 Å². The summed E-state index contributed by atoms with van der Waals surface area (Å²) >= 11 is 0. The lowest BCUT2D eigenvalue weighted by Crippen LogP contribution is -2.06. The molecule has 0 radical (unpaired) electrons. The average molecular weight is 112 g/mol. The van der Waals surface area contributed by atoms with Crippen molar-refractivity contribution in [2.75, 3.05) is 0 Å². The zero-order chi connectivity index (χ0) is 6.41. The van der Waals surface area contributed by atoms with E-state index in [4.69, 9.17) is 11.5 Å². The highest BCUT2D eigenvalue weighted by molar-refractivity contribution is 5.06.